The molecule has 0 aliphatic rings. The fraction of sp³-hybridized carbons (Fsp3) is 0.167. The number of terminal acetylenes is 1. The Morgan fingerprint density at radius 1 is 1.65 bits per heavy atom. The Hall–Kier alpha value is -2.37. The van der Waals surface area contributed by atoms with E-state index in [1.54, 1.807) is 6.07 Å². The van der Waals surface area contributed by atoms with Gasteiger partial charge in [0.15, 0.2) is 0 Å². The summed E-state index contributed by atoms with van der Waals surface area (Å²) in [4.78, 5) is 11.5. The van der Waals surface area contributed by atoms with Crippen LogP contribution in [0.2, 0.25) is 0 Å². The molecule has 17 heavy (non-hydrogen) atoms. The highest BCUT2D eigenvalue weighted by molar-refractivity contribution is 5.95. The molecule has 4 nitrogen and oxygen atoms in total. The van der Waals surface area contributed by atoms with E-state index in [-0.39, 0.29) is 17.7 Å². The lowest BCUT2D eigenvalue weighted by molar-refractivity contribution is -0.117. The van der Waals surface area contributed by atoms with Gasteiger partial charge in [-0.1, -0.05) is 6.07 Å². The summed E-state index contributed by atoms with van der Waals surface area (Å²) in [7, 11) is 0. The van der Waals surface area contributed by atoms with E-state index in [4.69, 9.17) is 17.4 Å². The van der Waals surface area contributed by atoms with Gasteiger partial charge in [-0.05, 0) is 12.1 Å². The molecule has 1 rings (SSSR count). The molecule has 86 valence electrons. The van der Waals surface area contributed by atoms with Crippen LogP contribution in [0.1, 0.15) is 12.0 Å². The van der Waals surface area contributed by atoms with Crippen LogP contribution in [0.5, 0.6) is 0 Å². The number of amides is 1. The summed E-state index contributed by atoms with van der Waals surface area (Å²) in [6.07, 6.45) is 5.09. The highest BCUT2D eigenvalue weighted by Crippen LogP contribution is 2.17. The van der Waals surface area contributed by atoms with E-state index >= 15 is 0 Å². The smallest absolute Gasteiger partial charge is 0.242 e. The molecule has 5 heteroatoms. The minimum atomic E-state index is -0.880. The third-order valence-corrected chi connectivity index (χ3v) is 2.06. The van der Waals surface area contributed by atoms with Gasteiger partial charge < -0.3 is 11.1 Å². The monoisotopic (exact) mass is 231 g/mol. The van der Waals surface area contributed by atoms with E-state index in [1.165, 1.54) is 12.1 Å². The summed E-state index contributed by atoms with van der Waals surface area (Å²) in [5.74, 6) is 1.00. The minimum Gasteiger partial charge on any atom is -0.323 e. The molecule has 0 aliphatic carbocycles. The SMILES string of the molecule is C#CCC(N)C(=O)Nc1cccc(F)c1C#N. The van der Waals surface area contributed by atoms with Crippen LogP contribution in [-0.4, -0.2) is 11.9 Å². The molecule has 0 aliphatic heterocycles. The van der Waals surface area contributed by atoms with E-state index < -0.39 is 17.8 Å². The van der Waals surface area contributed by atoms with E-state index in [2.05, 4.69) is 11.2 Å². The van der Waals surface area contributed by atoms with Crippen LogP contribution in [0.3, 0.4) is 0 Å². The second-order valence-electron chi connectivity index (χ2n) is 3.28. The van der Waals surface area contributed by atoms with Crippen LogP contribution in [0, 0.1) is 29.5 Å². The zero-order chi connectivity index (χ0) is 12.8. The average molecular weight is 231 g/mol. The molecule has 0 radical (unpaired) electrons. The first-order chi connectivity index (χ1) is 8.10. The van der Waals surface area contributed by atoms with Crippen LogP contribution < -0.4 is 11.1 Å². The van der Waals surface area contributed by atoms with Crippen LogP contribution in [0.4, 0.5) is 10.1 Å². The number of carbonyl (C=O) groups excluding carboxylic acids is 1. The Balaban J connectivity index is 2.90. The van der Waals surface area contributed by atoms with E-state index in [0.717, 1.165) is 6.07 Å². The van der Waals surface area contributed by atoms with E-state index in [1.807, 2.05) is 0 Å². The third-order valence-electron chi connectivity index (χ3n) is 2.06. The molecule has 3 N–H and O–H groups in total. The Bertz CT molecular complexity index is 513. The first kappa shape index (κ1) is 12.7. The van der Waals surface area contributed by atoms with Crippen molar-refractivity contribution >= 4 is 11.6 Å². The number of anilines is 1. The maximum Gasteiger partial charge on any atom is 0.242 e. The van der Waals surface area contributed by atoms with E-state index in [0.29, 0.717) is 0 Å². The van der Waals surface area contributed by atoms with Crippen molar-refractivity contribution in [1.82, 2.24) is 0 Å². The summed E-state index contributed by atoms with van der Waals surface area (Å²) in [6.45, 7) is 0. The second kappa shape index (κ2) is 5.64. The van der Waals surface area contributed by atoms with Gasteiger partial charge in [-0.25, -0.2) is 4.39 Å². The number of nitrogens with one attached hydrogen (secondary N) is 1. The number of nitriles is 1. The molecule has 0 bridgehead atoms. The van der Waals surface area contributed by atoms with Gasteiger partial charge >= 0.3 is 0 Å². The molecule has 0 fully saturated rings. The Kier molecular flexibility index (Phi) is 4.21. The van der Waals surface area contributed by atoms with Gasteiger partial charge in [-0.15, -0.1) is 12.3 Å². The lowest BCUT2D eigenvalue weighted by Crippen LogP contribution is -2.35. The molecule has 1 aromatic carbocycles. The highest BCUT2D eigenvalue weighted by atomic mass is 19.1. The number of halogens is 1. The molecule has 0 heterocycles. The molecular formula is C12H10FN3O. The van der Waals surface area contributed by atoms with Gasteiger partial charge in [-0.2, -0.15) is 5.26 Å². The van der Waals surface area contributed by atoms with Crippen molar-refractivity contribution in [3.05, 3.63) is 29.6 Å². The highest BCUT2D eigenvalue weighted by Gasteiger charge is 2.15. The summed E-state index contributed by atoms with van der Waals surface area (Å²) >= 11 is 0. The lowest BCUT2D eigenvalue weighted by atomic mass is 10.1. The lowest BCUT2D eigenvalue weighted by Gasteiger charge is -2.10. The predicted octanol–water partition coefficient (Wildman–Crippen LogP) is 0.986. The van der Waals surface area contributed by atoms with Gasteiger partial charge in [0, 0.05) is 6.42 Å². The number of nitrogens with two attached hydrogens (primary N) is 1. The number of nitrogens with zero attached hydrogens (tertiary/aromatic N) is 1. The van der Waals surface area contributed by atoms with E-state index in [9.17, 15) is 9.18 Å². The van der Waals surface area contributed by atoms with Crippen molar-refractivity contribution in [3.8, 4) is 18.4 Å². The molecule has 1 unspecified atom stereocenters. The zero-order valence-corrected chi connectivity index (χ0v) is 8.90. The third kappa shape index (κ3) is 3.04. The fourth-order valence-corrected chi connectivity index (χ4v) is 1.19. The molecule has 0 saturated carbocycles. The first-order valence-electron chi connectivity index (χ1n) is 4.78. The topological polar surface area (TPSA) is 78.9 Å². The predicted molar refractivity (Wildman–Crippen MR) is 61.2 cm³/mol. The van der Waals surface area contributed by atoms with Crippen LogP contribution >= 0.6 is 0 Å². The summed E-state index contributed by atoms with van der Waals surface area (Å²) < 4.78 is 13.2. The standard InChI is InChI=1S/C12H10FN3O/c1-2-4-10(15)12(17)16-11-6-3-5-9(13)8(11)7-14/h1,3,5-6,10H,4,15H2,(H,16,17). The Morgan fingerprint density at radius 3 is 2.94 bits per heavy atom. The fourth-order valence-electron chi connectivity index (χ4n) is 1.19. The second-order valence-corrected chi connectivity index (χ2v) is 3.28. The number of carbonyl (C=O) groups is 1. The average Bonchev–Trinajstić information content (AvgIpc) is 2.29. The maximum absolute atomic E-state index is 13.2. The summed E-state index contributed by atoms with van der Waals surface area (Å²) in [5.41, 5.74) is 5.33. The summed E-state index contributed by atoms with van der Waals surface area (Å²) in [6, 6.07) is 4.73. The van der Waals surface area contributed by atoms with Gasteiger partial charge in [0.25, 0.3) is 0 Å². The van der Waals surface area contributed by atoms with Crippen LogP contribution in [0.15, 0.2) is 18.2 Å². The van der Waals surface area contributed by atoms with Gasteiger partial charge in [0.1, 0.15) is 17.4 Å². The van der Waals surface area contributed by atoms with Crippen molar-refractivity contribution in [3.63, 3.8) is 0 Å². The molecule has 0 spiro atoms. The number of rotatable bonds is 3. The van der Waals surface area contributed by atoms with Gasteiger partial charge in [0.2, 0.25) is 5.91 Å². The molecule has 1 aromatic rings. The Morgan fingerprint density at radius 2 is 2.35 bits per heavy atom. The molecule has 0 saturated heterocycles. The quantitative estimate of drug-likeness (QED) is 0.761. The van der Waals surface area contributed by atoms with Crippen molar-refractivity contribution in [1.29, 1.82) is 5.26 Å². The molecule has 1 atom stereocenters. The number of benzene rings is 1. The number of hydrogen-bond acceptors (Lipinski definition) is 3. The van der Waals surface area contributed by atoms with Crippen molar-refractivity contribution in [2.75, 3.05) is 5.32 Å². The largest absolute Gasteiger partial charge is 0.323 e. The Labute approximate surface area is 98.2 Å². The maximum atomic E-state index is 13.2. The van der Waals surface area contributed by atoms with Crippen molar-refractivity contribution in [2.24, 2.45) is 5.73 Å². The first-order valence-corrected chi connectivity index (χ1v) is 4.78. The van der Waals surface area contributed by atoms with Crippen molar-refractivity contribution in [2.45, 2.75) is 12.5 Å². The van der Waals surface area contributed by atoms with Gasteiger partial charge in [-0.3, -0.25) is 4.79 Å². The normalized spacial score (nSPS) is 11.1. The molecular weight excluding hydrogens is 221 g/mol. The van der Waals surface area contributed by atoms with Gasteiger partial charge in [0.05, 0.1) is 11.7 Å². The minimum absolute atomic E-state index is 0.0725. The summed E-state index contributed by atoms with van der Waals surface area (Å²) in [5, 5.41) is 11.1. The van der Waals surface area contributed by atoms with Crippen LogP contribution in [0.25, 0.3) is 0 Å². The molecule has 0 aromatic heterocycles. The van der Waals surface area contributed by atoms with Crippen LogP contribution in [-0.2, 0) is 4.79 Å². The van der Waals surface area contributed by atoms with Crippen molar-refractivity contribution < 1.29 is 9.18 Å². The number of hydrogen-bond donors (Lipinski definition) is 2. The molecule has 1 amide bonds. The zero-order valence-electron chi connectivity index (χ0n) is 8.90.